The maximum Gasteiger partial charge on any atom is 0.298 e. The lowest BCUT2D eigenvalue weighted by molar-refractivity contribution is -0.120. The van der Waals surface area contributed by atoms with Crippen molar-refractivity contribution >= 4 is 35.8 Å². The number of hydrogen-bond acceptors (Lipinski definition) is 6. The quantitative estimate of drug-likeness (QED) is 0.348. The maximum absolute atomic E-state index is 12.9. The van der Waals surface area contributed by atoms with Crippen LogP contribution in [0.2, 0.25) is 0 Å². The molecule has 7 heteroatoms. The van der Waals surface area contributed by atoms with Crippen molar-refractivity contribution in [1.82, 2.24) is 0 Å². The SMILES string of the molecule is C=C(CCc1ccc(OC=O)cc1N)C1=CCCN=C1N(C(=O)C=NC)c1ccccc1.CC. The number of carbonyl (C=O) groups excluding carboxylic acids is 2. The van der Waals surface area contributed by atoms with Crippen molar-refractivity contribution in [2.75, 3.05) is 24.2 Å². The lowest BCUT2D eigenvalue weighted by atomic mass is 9.95. The van der Waals surface area contributed by atoms with Crippen molar-refractivity contribution in [3.8, 4) is 5.75 Å². The monoisotopic (exact) mass is 460 g/mol. The Hall–Kier alpha value is -4.00. The minimum Gasteiger partial charge on any atom is -0.429 e. The van der Waals surface area contributed by atoms with Crippen LogP contribution < -0.4 is 15.4 Å². The van der Waals surface area contributed by atoms with Crippen molar-refractivity contribution in [2.45, 2.75) is 33.1 Å². The van der Waals surface area contributed by atoms with Crippen LogP contribution in [0, 0.1) is 0 Å². The number of nitrogens with two attached hydrogens (primary N) is 1. The van der Waals surface area contributed by atoms with E-state index in [-0.39, 0.29) is 5.91 Å². The number of aryl methyl sites for hydroxylation is 1. The molecule has 0 saturated heterocycles. The predicted molar refractivity (Wildman–Crippen MR) is 140 cm³/mol. The molecule has 1 heterocycles. The highest BCUT2D eigenvalue weighted by molar-refractivity contribution is 6.42. The van der Waals surface area contributed by atoms with E-state index < -0.39 is 0 Å². The number of aliphatic imine (C=N–C) groups is 2. The topological polar surface area (TPSA) is 97.4 Å². The lowest BCUT2D eigenvalue weighted by Crippen LogP contribution is -2.40. The van der Waals surface area contributed by atoms with E-state index in [1.54, 1.807) is 24.1 Å². The van der Waals surface area contributed by atoms with E-state index in [0.717, 1.165) is 23.1 Å². The molecular weight excluding hydrogens is 428 g/mol. The Labute approximate surface area is 201 Å². The molecule has 1 amide bonds. The number of anilines is 2. The summed E-state index contributed by atoms with van der Waals surface area (Å²) in [5, 5.41) is 0. The van der Waals surface area contributed by atoms with E-state index in [4.69, 9.17) is 10.5 Å². The molecular formula is C27H32N4O3. The summed E-state index contributed by atoms with van der Waals surface area (Å²) in [4.78, 5) is 33.6. The molecule has 178 valence electrons. The zero-order valence-electron chi connectivity index (χ0n) is 20.0. The number of rotatable bonds is 8. The van der Waals surface area contributed by atoms with Crippen LogP contribution in [0.4, 0.5) is 11.4 Å². The molecule has 2 N–H and O–H groups in total. The second-order valence-corrected chi connectivity index (χ2v) is 7.19. The van der Waals surface area contributed by atoms with Gasteiger partial charge in [0, 0.05) is 30.9 Å². The van der Waals surface area contributed by atoms with E-state index in [1.165, 1.54) is 6.21 Å². The molecule has 1 aliphatic rings. The number of hydrogen-bond donors (Lipinski definition) is 1. The van der Waals surface area contributed by atoms with E-state index in [0.29, 0.717) is 48.8 Å². The Morgan fingerprint density at radius 3 is 2.62 bits per heavy atom. The van der Waals surface area contributed by atoms with Crippen LogP contribution in [0.5, 0.6) is 5.75 Å². The highest BCUT2D eigenvalue weighted by atomic mass is 16.5. The van der Waals surface area contributed by atoms with Crippen LogP contribution in [-0.2, 0) is 16.0 Å². The van der Waals surface area contributed by atoms with Crippen LogP contribution >= 0.6 is 0 Å². The van der Waals surface area contributed by atoms with E-state index in [9.17, 15) is 9.59 Å². The fourth-order valence-electron chi connectivity index (χ4n) is 3.50. The highest BCUT2D eigenvalue weighted by Crippen LogP contribution is 2.27. The van der Waals surface area contributed by atoms with E-state index in [2.05, 4.69) is 22.6 Å². The first-order chi connectivity index (χ1) is 16.5. The number of benzene rings is 2. The molecule has 2 aromatic carbocycles. The summed E-state index contributed by atoms with van der Waals surface area (Å²) in [5.41, 5.74) is 10.00. The smallest absolute Gasteiger partial charge is 0.298 e. The van der Waals surface area contributed by atoms with Gasteiger partial charge in [-0.25, -0.2) is 0 Å². The van der Waals surface area contributed by atoms with E-state index in [1.807, 2.05) is 50.2 Å². The summed E-state index contributed by atoms with van der Waals surface area (Å²) in [5.74, 6) is 0.701. The van der Waals surface area contributed by atoms with Crippen LogP contribution in [0.25, 0.3) is 0 Å². The molecule has 1 aliphatic heterocycles. The van der Waals surface area contributed by atoms with Crippen LogP contribution in [0.3, 0.4) is 0 Å². The molecule has 0 atom stereocenters. The Bertz CT molecular complexity index is 1090. The zero-order chi connectivity index (χ0) is 24.9. The van der Waals surface area contributed by atoms with Crippen molar-refractivity contribution in [3.05, 3.63) is 77.9 Å². The second kappa shape index (κ2) is 13.5. The first-order valence-corrected chi connectivity index (χ1v) is 11.3. The van der Waals surface area contributed by atoms with Gasteiger partial charge in [0.05, 0.1) is 11.9 Å². The average molecular weight is 461 g/mol. The van der Waals surface area contributed by atoms with Crippen LogP contribution in [0.1, 0.15) is 32.3 Å². The van der Waals surface area contributed by atoms with E-state index >= 15 is 0 Å². The summed E-state index contributed by atoms with van der Waals surface area (Å²) < 4.78 is 4.84. The fraction of sp³-hybridized carbons (Fsp3) is 0.259. The number of nitrogens with zero attached hydrogens (tertiary/aromatic N) is 3. The molecule has 0 unspecified atom stereocenters. The van der Waals surface area contributed by atoms with Gasteiger partial charge in [0.1, 0.15) is 11.6 Å². The number of amidine groups is 1. The molecule has 3 rings (SSSR count). The molecule has 7 nitrogen and oxygen atoms in total. The Kier molecular flexibility index (Phi) is 10.4. The summed E-state index contributed by atoms with van der Waals surface area (Å²) in [6, 6.07) is 14.5. The molecule has 2 aromatic rings. The van der Waals surface area contributed by atoms with Gasteiger partial charge in [0.25, 0.3) is 12.4 Å². The van der Waals surface area contributed by atoms with Gasteiger partial charge in [-0.2, -0.15) is 0 Å². The van der Waals surface area contributed by atoms with Gasteiger partial charge >= 0.3 is 0 Å². The van der Waals surface area contributed by atoms with Crippen molar-refractivity contribution in [1.29, 1.82) is 0 Å². The predicted octanol–water partition coefficient (Wildman–Crippen LogP) is 4.78. The number of carbonyl (C=O) groups is 2. The Morgan fingerprint density at radius 1 is 1.24 bits per heavy atom. The number of ether oxygens (including phenoxy) is 1. The molecule has 0 saturated carbocycles. The van der Waals surface area contributed by atoms with Crippen LogP contribution in [-0.4, -0.2) is 38.0 Å². The fourth-order valence-corrected chi connectivity index (χ4v) is 3.50. The number of nitrogen functional groups attached to an aromatic ring is 1. The number of dihydropyridines is 1. The van der Waals surface area contributed by atoms with Gasteiger partial charge in [0.15, 0.2) is 0 Å². The molecule has 0 aliphatic carbocycles. The molecule has 0 bridgehead atoms. The zero-order valence-corrected chi connectivity index (χ0v) is 20.0. The summed E-state index contributed by atoms with van der Waals surface area (Å²) in [6.45, 7) is 9.23. The second-order valence-electron chi connectivity index (χ2n) is 7.19. The van der Waals surface area contributed by atoms with Crippen molar-refractivity contribution < 1.29 is 14.3 Å². The first kappa shape index (κ1) is 26.3. The van der Waals surface area contributed by atoms with Gasteiger partial charge in [-0.1, -0.05) is 50.8 Å². The molecule has 0 fully saturated rings. The third-order valence-electron chi connectivity index (χ3n) is 5.04. The van der Waals surface area contributed by atoms with Crippen LogP contribution in [0.15, 0.2) is 82.3 Å². The first-order valence-electron chi connectivity index (χ1n) is 11.3. The summed E-state index contributed by atoms with van der Waals surface area (Å²) in [6.07, 6.45) is 5.40. The maximum atomic E-state index is 12.9. The van der Waals surface area contributed by atoms with Gasteiger partial charge in [-0.05, 0) is 48.6 Å². The minimum absolute atomic E-state index is 0.270. The molecule has 0 aromatic heterocycles. The molecule has 0 spiro atoms. The van der Waals surface area contributed by atoms with Crippen molar-refractivity contribution in [3.63, 3.8) is 0 Å². The number of amides is 1. The van der Waals surface area contributed by atoms with Gasteiger partial charge < -0.3 is 10.5 Å². The largest absolute Gasteiger partial charge is 0.429 e. The molecule has 0 radical (unpaired) electrons. The Balaban J connectivity index is 0.00000199. The third kappa shape index (κ3) is 6.75. The summed E-state index contributed by atoms with van der Waals surface area (Å²) >= 11 is 0. The standard InChI is InChI=1S/C25H26N4O3.C2H6/c1-18(10-11-19-12-13-21(32-17-30)15-23(19)26)22-9-6-14-28-25(22)29(24(31)16-27-2)20-7-4-3-5-8-20;1-2/h3-5,7-9,12-13,15-17H,1,6,10-11,14,26H2,2H3;1-2H3. The number of para-hydroxylation sites is 1. The summed E-state index contributed by atoms with van der Waals surface area (Å²) in [7, 11) is 1.56. The third-order valence-corrected chi connectivity index (χ3v) is 5.04. The van der Waals surface area contributed by atoms with Gasteiger partial charge in [-0.3, -0.25) is 24.5 Å². The Morgan fingerprint density at radius 2 is 1.97 bits per heavy atom. The van der Waals surface area contributed by atoms with Crippen molar-refractivity contribution in [2.24, 2.45) is 9.98 Å². The minimum atomic E-state index is -0.270. The van der Waals surface area contributed by atoms with Gasteiger partial charge in [-0.15, -0.1) is 0 Å². The normalized spacial score (nSPS) is 12.7. The average Bonchev–Trinajstić information content (AvgIpc) is 2.86. The molecule has 34 heavy (non-hydrogen) atoms. The van der Waals surface area contributed by atoms with Gasteiger partial charge in [0.2, 0.25) is 0 Å². The lowest BCUT2D eigenvalue weighted by Gasteiger charge is -2.27. The highest BCUT2D eigenvalue weighted by Gasteiger charge is 2.26.